The molecule has 0 aliphatic rings. The van der Waals surface area contributed by atoms with E-state index in [1.54, 1.807) is 28.9 Å². The third-order valence-corrected chi connectivity index (χ3v) is 3.87. The van der Waals surface area contributed by atoms with Crippen LogP contribution in [0.15, 0.2) is 54.9 Å². The van der Waals surface area contributed by atoms with E-state index in [1.165, 1.54) is 13.3 Å². The quantitative estimate of drug-likeness (QED) is 0.481. The fraction of sp³-hybridized carbons (Fsp3) is 0.211. The maximum atomic E-state index is 12.0. The van der Waals surface area contributed by atoms with Gasteiger partial charge in [-0.2, -0.15) is 0 Å². The molecule has 0 bridgehead atoms. The van der Waals surface area contributed by atoms with Gasteiger partial charge in [0, 0.05) is 5.56 Å². The number of nitrogens with zero attached hydrogens (tertiary/aromatic N) is 4. The molecule has 8 nitrogen and oxygen atoms in total. The number of carbonyl (C=O) groups excluding carboxylic acids is 2. The second-order valence-corrected chi connectivity index (χ2v) is 5.88. The van der Waals surface area contributed by atoms with E-state index in [-0.39, 0.29) is 18.1 Å². The highest BCUT2D eigenvalue weighted by atomic mass is 16.5. The number of tetrazole rings is 1. The molecule has 0 atom stereocenters. The first kappa shape index (κ1) is 18.2. The number of nitrogens with one attached hydrogen (secondary N) is 1. The minimum absolute atomic E-state index is 0.0137. The highest BCUT2D eigenvalue weighted by Gasteiger charge is 2.05. The van der Waals surface area contributed by atoms with Gasteiger partial charge in [-0.15, -0.1) is 5.10 Å². The first-order chi connectivity index (χ1) is 13.1. The van der Waals surface area contributed by atoms with Crippen molar-refractivity contribution < 1.29 is 14.3 Å². The normalized spacial score (nSPS) is 10.4. The topological polar surface area (TPSA) is 99.0 Å². The number of ether oxygens (including phenoxy) is 1. The SMILES string of the molecule is CC(=O)c1ccc(OCCNC(=O)Cc2ccc(-n3cnnn3)cc2)cc1. The van der Waals surface area contributed by atoms with Crippen LogP contribution in [0.4, 0.5) is 0 Å². The Bertz CT molecular complexity index is 890. The van der Waals surface area contributed by atoms with Crippen LogP contribution in [0.1, 0.15) is 22.8 Å². The largest absolute Gasteiger partial charge is 0.492 e. The minimum Gasteiger partial charge on any atom is -0.492 e. The predicted octanol–water partition coefficient (Wildman–Crippen LogP) is 1.60. The van der Waals surface area contributed by atoms with Gasteiger partial charge in [-0.3, -0.25) is 9.59 Å². The molecule has 27 heavy (non-hydrogen) atoms. The average Bonchev–Trinajstić information content (AvgIpc) is 3.21. The molecule has 138 valence electrons. The van der Waals surface area contributed by atoms with Gasteiger partial charge in [-0.05, 0) is 59.3 Å². The molecule has 8 heteroatoms. The van der Waals surface area contributed by atoms with Gasteiger partial charge in [0.25, 0.3) is 0 Å². The Balaban J connectivity index is 1.40. The number of carbonyl (C=O) groups is 2. The molecule has 0 fully saturated rings. The van der Waals surface area contributed by atoms with E-state index in [4.69, 9.17) is 4.74 Å². The number of hydrogen-bond donors (Lipinski definition) is 1. The summed E-state index contributed by atoms with van der Waals surface area (Å²) in [6.45, 7) is 2.27. The number of amides is 1. The maximum absolute atomic E-state index is 12.0. The van der Waals surface area contributed by atoms with E-state index in [2.05, 4.69) is 20.8 Å². The molecule has 0 unspecified atom stereocenters. The van der Waals surface area contributed by atoms with E-state index in [9.17, 15) is 9.59 Å². The average molecular weight is 365 g/mol. The van der Waals surface area contributed by atoms with Crippen LogP contribution >= 0.6 is 0 Å². The molecule has 1 amide bonds. The molecule has 1 N–H and O–H groups in total. The van der Waals surface area contributed by atoms with Crippen molar-refractivity contribution in [3.8, 4) is 11.4 Å². The van der Waals surface area contributed by atoms with Gasteiger partial charge in [-0.25, -0.2) is 4.68 Å². The fourth-order valence-corrected chi connectivity index (χ4v) is 2.44. The molecule has 2 aromatic carbocycles. The molecule has 0 spiro atoms. The Morgan fingerprint density at radius 2 is 1.81 bits per heavy atom. The van der Waals surface area contributed by atoms with Crippen LogP contribution < -0.4 is 10.1 Å². The first-order valence-electron chi connectivity index (χ1n) is 8.44. The standard InChI is InChI=1S/C19H19N5O3/c1-14(25)16-4-8-18(9-5-16)27-11-10-20-19(26)12-15-2-6-17(7-3-15)24-13-21-22-23-24/h2-9,13H,10-12H2,1H3,(H,20,26). The number of hydrogen-bond acceptors (Lipinski definition) is 6. The number of aromatic nitrogens is 4. The first-order valence-corrected chi connectivity index (χ1v) is 8.44. The van der Waals surface area contributed by atoms with Crippen molar-refractivity contribution in [2.75, 3.05) is 13.2 Å². The van der Waals surface area contributed by atoms with Gasteiger partial charge in [0.15, 0.2) is 5.78 Å². The lowest BCUT2D eigenvalue weighted by Gasteiger charge is -2.08. The summed E-state index contributed by atoms with van der Waals surface area (Å²) in [6.07, 6.45) is 1.79. The summed E-state index contributed by atoms with van der Waals surface area (Å²) >= 11 is 0. The minimum atomic E-state index is -0.0827. The molecule has 3 rings (SSSR count). The van der Waals surface area contributed by atoms with Crippen LogP contribution in [0.5, 0.6) is 5.75 Å². The highest BCUT2D eigenvalue weighted by molar-refractivity contribution is 5.94. The second-order valence-electron chi connectivity index (χ2n) is 5.88. The molecule has 0 aliphatic heterocycles. The summed E-state index contributed by atoms with van der Waals surface area (Å²) in [5.74, 6) is 0.591. The zero-order valence-corrected chi connectivity index (χ0v) is 14.8. The van der Waals surface area contributed by atoms with E-state index in [0.717, 1.165) is 11.3 Å². The van der Waals surface area contributed by atoms with Crippen LogP contribution in [0, 0.1) is 0 Å². The maximum Gasteiger partial charge on any atom is 0.224 e. The zero-order valence-electron chi connectivity index (χ0n) is 14.8. The van der Waals surface area contributed by atoms with E-state index >= 15 is 0 Å². The van der Waals surface area contributed by atoms with Crippen LogP contribution in [0.3, 0.4) is 0 Å². The van der Waals surface area contributed by atoms with E-state index in [1.807, 2.05) is 24.3 Å². The molecule has 1 aromatic heterocycles. The molecule has 0 aliphatic carbocycles. The smallest absolute Gasteiger partial charge is 0.224 e. The molecular weight excluding hydrogens is 346 g/mol. The van der Waals surface area contributed by atoms with Crippen molar-refractivity contribution >= 4 is 11.7 Å². The van der Waals surface area contributed by atoms with Crippen LogP contribution in [-0.2, 0) is 11.2 Å². The predicted molar refractivity (Wildman–Crippen MR) is 97.8 cm³/mol. The van der Waals surface area contributed by atoms with Gasteiger partial charge >= 0.3 is 0 Å². The number of benzene rings is 2. The Labute approximate surface area is 156 Å². The van der Waals surface area contributed by atoms with Gasteiger partial charge in [0.05, 0.1) is 18.7 Å². The Morgan fingerprint density at radius 3 is 2.44 bits per heavy atom. The fourth-order valence-electron chi connectivity index (χ4n) is 2.44. The van der Waals surface area contributed by atoms with Crippen molar-refractivity contribution in [2.45, 2.75) is 13.3 Å². The van der Waals surface area contributed by atoms with Crippen molar-refractivity contribution in [3.63, 3.8) is 0 Å². The van der Waals surface area contributed by atoms with Gasteiger partial charge in [0.2, 0.25) is 5.91 Å². The number of ketones is 1. The van der Waals surface area contributed by atoms with Crippen molar-refractivity contribution in [1.82, 2.24) is 25.5 Å². The summed E-state index contributed by atoms with van der Waals surface area (Å²) in [4.78, 5) is 23.2. The monoisotopic (exact) mass is 365 g/mol. The van der Waals surface area contributed by atoms with Gasteiger partial charge in [-0.1, -0.05) is 12.1 Å². The van der Waals surface area contributed by atoms with E-state index in [0.29, 0.717) is 24.5 Å². The molecule has 1 heterocycles. The summed E-state index contributed by atoms with van der Waals surface area (Å²) in [5, 5.41) is 13.8. The van der Waals surface area contributed by atoms with Crippen molar-refractivity contribution in [2.24, 2.45) is 0 Å². The van der Waals surface area contributed by atoms with Gasteiger partial charge < -0.3 is 10.1 Å². The number of rotatable bonds is 8. The Kier molecular flexibility index (Phi) is 5.88. The number of Topliss-reactive ketones (excluding diaryl/α,β-unsaturated/α-hetero) is 1. The van der Waals surface area contributed by atoms with Gasteiger partial charge in [0.1, 0.15) is 18.7 Å². The molecule has 3 aromatic rings. The van der Waals surface area contributed by atoms with E-state index < -0.39 is 0 Å². The Hall–Kier alpha value is -3.55. The lowest BCUT2D eigenvalue weighted by Crippen LogP contribution is -2.29. The van der Waals surface area contributed by atoms with Crippen molar-refractivity contribution in [3.05, 3.63) is 66.0 Å². The lowest BCUT2D eigenvalue weighted by atomic mass is 10.1. The van der Waals surface area contributed by atoms with Crippen molar-refractivity contribution in [1.29, 1.82) is 0 Å². The summed E-state index contributed by atoms with van der Waals surface area (Å²) in [7, 11) is 0. The third kappa shape index (κ3) is 5.21. The summed E-state index contributed by atoms with van der Waals surface area (Å²) < 4.78 is 7.10. The zero-order chi connectivity index (χ0) is 19.1. The lowest BCUT2D eigenvalue weighted by molar-refractivity contribution is -0.120. The second kappa shape index (κ2) is 8.70. The molecule has 0 radical (unpaired) electrons. The van der Waals surface area contributed by atoms with Crippen LogP contribution in [0.2, 0.25) is 0 Å². The Morgan fingerprint density at radius 1 is 1.07 bits per heavy atom. The van der Waals surface area contributed by atoms with Crippen LogP contribution in [0.25, 0.3) is 5.69 Å². The molecule has 0 saturated carbocycles. The summed E-state index contributed by atoms with van der Waals surface area (Å²) in [6, 6.07) is 14.4. The summed E-state index contributed by atoms with van der Waals surface area (Å²) in [5.41, 5.74) is 2.36. The molecular formula is C19H19N5O3. The van der Waals surface area contributed by atoms with Crippen LogP contribution in [-0.4, -0.2) is 45.0 Å². The third-order valence-electron chi connectivity index (χ3n) is 3.87. The highest BCUT2D eigenvalue weighted by Crippen LogP contribution is 2.12. The molecule has 0 saturated heterocycles.